The summed E-state index contributed by atoms with van der Waals surface area (Å²) in [6.07, 6.45) is 3.08. The number of hydrogen-bond donors (Lipinski definition) is 0. The van der Waals surface area contributed by atoms with Crippen LogP contribution in [0.5, 0.6) is 5.88 Å². The van der Waals surface area contributed by atoms with Crippen molar-refractivity contribution in [1.29, 1.82) is 0 Å². The van der Waals surface area contributed by atoms with Crippen LogP contribution in [-0.4, -0.2) is 40.0 Å². The Morgan fingerprint density at radius 2 is 2.11 bits per heavy atom. The molecule has 102 valence electrons. The average molecular weight is 261 g/mol. The highest BCUT2D eigenvalue weighted by Gasteiger charge is 2.37. The summed E-state index contributed by atoms with van der Waals surface area (Å²) in [7, 11) is 0. The van der Waals surface area contributed by atoms with Crippen molar-refractivity contribution in [2.75, 3.05) is 13.1 Å². The van der Waals surface area contributed by atoms with Gasteiger partial charge in [-0.05, 0) is 26.7 Å². The highest BCUT2D eigenvalue weighted by atomic mass is 16.5. The lowest BCUT2D eigenvalue weighted by Crippen LogP contribution is -2.32. The fraction of sp³-hybridized carbons (Fsp3) is 0.643. The number of ether oxygens (including phenoxy) is 1. The van der Waals surface area contributed by atoms with Crippen LogP contribution in [0.2, 0.25) is 0 Å². The van der Waals surface area contributed by atoms with Gasteiger partial charge in [-0.25, -0.2) is 4.98 Å². The van der Waals surface area contributed by atoms with E-state index in [4.69, 9.17) is 4.74 Å². The lowest BCUT2D eigenvalue weighted by atomic mass is 10.3. The van der Waals surface area contributed by atoms with Gasteiger partial charge in [0.1, 0.15) is 11.9 Å². The number of likely N-dealkylation sites (tertiary alicyclic amines) is 1. The van der Waals surface area contributed by atoms with Gasteiger partial charge in [0.25, 0.3) is 0 Å². The van der Waals surface area contributed by atoms with Crippen molar-refractivity contribution in [3.63, 3.8) is 0 Å². The van der Waals surface area contributed by atoms with Crippen LogP contribution in [-0.2, 0) is 4.79 Å². The van der Waals surface area contributed by atoms with Gasteiger partial charge in [0.05, 0.1) is 6.54 Å². The predicted octanol–water partition coefficient (Wildman–Crippen LogP) is 1.48. The lowest BCUT2D eigenvalue weighted by Gasteiger charge is -2.16. The van der Waals surface area contributed by atoms with Gasteiger partial charge >= 0.3 is 0 Å². The number of rotatable bonds is 3. The standard InChI is InChI=1S/C14H19N3O2/c1-9-7-13(16-10(2)15-9)19-12-5-6-17(8-12)14(18)11-3-4-11/h7,11-12H,3-6,8H2,1-2H3/t12-/m1/s1. The van der Waals surface area contributed by atoms with E-state index in [1.807, 2.05) is 24.8 Å². The molecule has 0 spiro atoms. The Balaban J connectivity index is 1.60. The van der Waals surface area contributed by atoms with Crippen LogP contribution in [0.1, 0.15) is 30.8 Å². The summed E-state index contributed by atoms with van der Waals surface area (Å²) in [6.45, 7) is 5.29. The molecule has 3 rings (SSSR count). The second-order valence-corrected chi connectivity index (χ2v) is 5.48. The quantitative estimate of drug-likeness (QED) is 0.827. The maximum atomic E-state index is 12.0. The molecule has 1 saturated heterocycles. The van der Waals surface area contributed by atoms with Crippen molar-refractivity contribution in [3.05, 3.63) is 17.6 Å². The van der Waals surface area contributed by atoms with Crippen molar-refractivity contribution in [2.45, 2.75) is 39.2 Å². The van der Waals surface area contributed by atoms with E-state index in [0.29, 0.717) is 24.2 Å². The zero-order valence-electron chi connectivity index (χ0n) is 11.4. The van der Waals surface area contributed by atoms with Crippen LogP contribution in [0.15, 0.2) is 6.07 Å². The molecule has 0 unspecified atom stereocenters. The van der Waals surface area contributed by atoms with E-state index in [1.165, 1.54) is 0 Å². The van der Waals surface area contributed by atoms with Crippen molar-refractivity contribution < 1.29 is 9.53 Å². The van der Waals surface area contributed by atoms with Crippen LogP contribution >= 0.6 is 0 Å². The molecular weight excluding hydrogens is 242 g/mol. The van der Waals surface area contributed by atoms with E-state index < -0.39 is 0 Å². The fourth-order valence-corrected chi connectivity index (χ4v) is 2.53. The first-order valence-electron chi connectivity index (χ1n) is 6.89. The minimum atomic E-state index is 0.0661. The largest absolute Gasteiger partial charge is 0.472 e. The summed E-state index contributed by atoms with van der Waals surface area (Å²) < 4.78 is 5.87. The molecule has 5 heteroatoms. The monoisotopic (exact) mass is 261 g/mol. The SMILES string of the molecule is Cc1cc(O[C@@H]2CCN(C(=O)C3CC3)C2)nc(C)n1. The first kappa shape index (κ1) is 12.4. The third-order valence-corrected chi connectivity index (χ3v) is 3.61. The zero-order chi connectivity index (χ0) is 13.4. The lowest BCUT2D eigenvalue weighted by molar-refractivity contribution is -0.131. The summed E-state index contributed by atoms with van der Waals surface area (Å²) in [5.74, 6) is 1.94. The smallest absolute Gasteiger partial charge is 0.225 e. The Kier molecular flexibility index (Phi) is 3.12. The number of aryl methyl sites for hydroxylation is 2. The van der Waals surface area contributed by atoms with Crippen molar-refractivity contribution >= 4 is 5.91 Å². The summed E-state index contributed by atoms with van der Waals surface area (Å²) >= 11 is 0. The molecule has 0 bridgehead atoms. The second kappa shape index (κ2) is 4.79. The molecule has 0 N–H and O–H groups in total. The molecule has 5 nitrogen and oxygen atoms in total. The maximum absolute atomic E-state index is 12.0. The Hall–Kier alpha value is -1.65. The van der Waals surface area contributed by atoms with Crippen LogP contribution in [0.4, 0.5) is 0 Å². The van der Waals surface area contributed by atoms with Crippen LogP contribution in [0, 0.1) is 19.8 Å². The van der Waals surface area contributed by atoms with Gasteiger partial charge in [0.2, 0.25) is 11.8 Å². The number of amides is 1. The molecule has 1 aromatic rings. The van der Waals surface area contributed by atoms with Gasteiger partial charge in [0, 0.05) is 30.6 Å². The summed E-state index contributed by atoms with van der Waals surface area (Å²) in [5, 5.41) is 0. The zero-order valence-corrected chi connectivity index (χ0v) is 11.4. The molecule has 2 aliphatic rings. The maximum Gasteiger partial charge on any atom is 0.225 e. The van der Waals surface area contributed by atoms with E-state index in [9.17, 15) is 4.79 Å². The van der Waals surface area contributed by atoms with Crippen molar-refractivity contribution in [1.82, 2.24) is 14.9 Å². The minimum absolute atomic E-state index is 0.0661. The molecule has 1 aromatic heterocycles. The van der Waals surface area contributed by atoms with Crippen molar-refractivity contribution in [3.8, 4) is 5.88 Å². The van der Waals surface area contributed by atoms with Gasteiger partial charge in [-0.3, -0.25) is 4.79 Å². The highest BCUT2D eigenvalue weighted by molar-refractivity contribution is 5.81. The van der Waals surface area contributed by atoms with Gasteiger partial charge in [-0.2, -0.15) is 4.98 Å². The molecule has 1 amide bonds. The number of carbonyl (C=O) groups is 1. The normalized spacial score (nSPS) is 22.6. The van der Waals surface area contributed by atoms with Crippen molar-refractivity contribution in [2.24, 2.45) is 5.92 Å². The van der Waals surface area contributed by atoms with E-state index in [0.717, 1.165) is 37.3 Å². The molecule has 0 aromatic carbocycles. The van der Waals surface area contributed by atoms with Gasteiger partial charge in [-0.1, -0.05) is 0 Å². The Bertz CT molecular complexity index is 479. The summed E-state index contributed by atoms with van der Waals surface area (Å²) in [6, 6.07) is 1.85. The van der Waals surface area contributed by atoms with E-state index in [2.05, 4.69) is 9.97 Å². The second-order valence-electron chi connectivity index (χ2n) is 5.48. The number of hydrogen-bond acceptors (Lipinski definition) is 4. The molecule has 1 saturated carbocycles. The highest BCUT2D eigenvalue weighted by Crippen LogP contribution is 2.32. The summed E-state index contributed by atoms with van der Waals surface area (Å²) in [4.78, 5) is 22.4. The molecule has 1 aliphatic heterocycles. The summed E-state index contributed by atoms with van der Waals surface area (Å²) in [5.41, 5.74) is 0.909. The van der Waals surface area contributed by atoms with Crippen LogP contribution in [0.3, 0.4) is 0 Å². The Morgan fingerprint density at radius 3 is 2.79 bits per heavy atom. The Labute approximate surface area is 113 Å². The Morgan fingerprint density at radius 1 is 1.32 bits per heavy atom. The molecule has 2 heterocycles. The minimum Gasteiger partial charge on any atom is -0.472 e. The molecule has 1 aliphatic carbocycles. The number of nitrogens with zero attached hydrogens (tertiary/aromatic N) is 3. The van der Waals surface area contributed by atoms with Gasteiger partial charge in [0.15, 0.2) is 0 Å². The van der Waals surface area contributed by atoms with Gasteiger partial charge < -0.3 is 9.64 Å². The predicted molar refractivity (Wildman–Crippen MR) is 69.8 cm³/mol. The number of aromatic nitrogens is 2. The first-order chi connectivity index (χ1) is 9.11. The number of carbonyl (C=O) groups excluding carboxylic acids is 1. The van der Waals surface area contributed by atoms with Crippen LogP contribution in [0.25, 0.3) is 0 Å². The third-order valence-electron chi connectivity index (χ3n) is 3.61. The van der Waals surface area contributed by atoms with Crippen LogP contribution < -0.4 is 4.74 Å². The molecular formula is C14H19N3O2. The third kappa shape index (κ3) is 2.85. The molecule has 2 fully saturated rings. The fourth-order valence-electron chi connectivity index (χ4n) is 2.53. The topological polar surface area (TPSA) is 55.3 Å². The van der Waals surface area contributed by atoms with E-state index in [1.54, 1.807) is 0 Å². The van der Waals surface area contributed by atoms with Gasteiger partial charge in [-0.15, -0.1) is 0 Å². The average Bonchev–Trinajstić information content (AvgIpc) is 3.08. The van der Waals surface area contributed by atoms with E-state index in [-0.39, 0.29) is 6.10 Å². The molecule has 19 heavy (non-hydrogen) atoms. The molecule has 1 atom stereocenters. The molecule has 0 radical (unpaired) electrons. The first-order valence-corrected chi connectivity index (χ1v) is 6.89. The van der Waals surface area contributed by atoms with E-state index >= 15 is 0 Å².